The molecular weight excluding hydrogens is 336 g/mol. The van der Waals surface area contributed by atoms with Crippen LogP contribution in [0.5, 0.6) is 0 Å². The van der Waals surface area contributed by atoms with E-state index in [1.807, 2.05) is 13.8 Å². The molecule has 2 atom stereocenters. The van der Waals surface area contributed by atoms with Crippen LogP contribution in [0.15, 0.2) is 30.5 Å². The van der Waals surface area contributed by atoms with Crippen molar-refractivity contribution in [2.45, 2.75) is 64.8 Å². The SMILES string of the molecule is CC(C)NC(=O)Cn1cc(CN2C[C@H]3CCCN3C[C@H]2C)c2ccccc21. The first-order chi connectivity index (χ1) is 13.0. The fourth-order valence-corrected chi connectivity index (χ4v) is 4.79. The third kappa shape index (κ3) is 3.90. The van der Waals surface area contributed by atoms with Crippen LogP contribution in [-0.2, 0) is 17.9 Å². The summed E-state index contributed by atoms with van der Waals surface area (Å²) in [7, 11) is 0. The van der Waals surface area contributed by atoms with Gasteiger partial charge < -0.3 is 9.88 Å². The molecule has 2 aromatic rings. The molecule has 2 aliphatic heterocycles. The summed E-state index contributed by atoms with van der Waals surface area (Å²) in [6.07, 6.45) is 4.87. The van der Waals surface area contributed by atoms with E-state index in [2.05, 4.69) is 57.1 Å². The summed E-state index contributed by atoms with van der Waals surface area (Å²) < 4.78 is 2.11. The van der Waals surface area contributed by atoms with Crippen LogP contribution < -0.4 is 5.32 Å². The van der Waals surface area contributed by atoms with Gasteiger partial charge in [-0.3, -0.25) is 14.6 Å². The van der Waals surface area contributed by atoms with Crippen LogP contribution in [0.3, 0.4) is 0 Å². The summed E-state index contributed by atoms with van der Waals surface area (Å²) in [6, 6.07) is 9.95. The number of nitrogens with one attached hydrogen (secondary N) is 1. The number of fused-ring (bicyclic) bond motifs is 2. The summed E-state index contributed by atoms with van der Waals surface area (Å²) in [5.41, 5.74) is 2.49. The van der Waals surface area contributed by atoms with Gasteiger partial charge in [0.25, 0.3) is 0 Å². The number of amides is 1. The molecule has 0 aliphatic carbocycles. The summed E-state index contributed by atoms with van der Waals surface area (Å²) in [6.45, 7) is 11.3. The van der Waals surface area contributed by atoms with E-state index in [9.17, 15) is 4.79 Å². The van der Waals surface area contributed by atoms with Gasteiger partial charge in [0.1, 0.15) is 6.54 Å². The minimum absolute atomic E-state index is 0.0743. The Morgan fingerprint density at radius 1 is 1.26 bits per heavy atom. The zero-order chi connectivity index (χ0) is 19.0. The highest BCUT2D eigenvalue weighted by molar-refractivity contribution is 5.86. The number of carbonyl (C=O) groups excluding carboxylic acids is 1. The number of hydrogen-bond acceptors (Lipinski definition) is 3. The lowest BCUT2D eigenvalue weighted by atomic mass is 10.1. The Hall–Kier alpha value is -1.85. The van der Waals surface area contributed by atoms with E-state index < -0.39 is 0 Å². The first-order valence-electron chi connectivity index (χ1n) is 10.4. The van der Waals surface area contributed by atoms with Crippen molar-refractivity contribution in [1.82, 2.24) is 19.7 Å². The molecule has 1 amide bonds. The molecule has 27 heavy (non-hydrogen) atoms. The van der Waals surface area contributed by atoms with Gasteiger partial charge in [0.05, 0.1) is 0 Å². The Kier molecular flexibility index (Phi) is 5.24. The molecule has 2 fully saturated rings. The number of rotatable bonds is 5. The minimum atomic E-state index is 0.0743. The van der Waals surface area contributed by atoms with Crippen molar-refractivity contribution in [3.8, 4) is 0 Å². The monoisotopic (exact) mass is 368 g/mol. The lowest BCUT2D eigenvalue weighted by molar-refractivity contribution is -0.122. The largest absolute Gasteiger partial charge is 0.352 e. The third-order valence-corrected chi connectivity index (χ3v) is 6.07. The van der Waals surface area contributed by atoms with E-state index in [0.29, 0.717) is 12.6 Å². The summed E-state index contributed by atoms with van der Waals surface area (Å²) >= 11 is 0. The van der Waals surface area contributed by atoms with Crippen LogP contribution in [0, 0.1) is 0 Å². The molecule has 0 spiro atoms. The molecular formula is C22H32N4O. The molecule has 4 rings (SSSR count). The number of hydrogen-bond donors (Lipinski definition) is 1. The topological polar surface area (TPSA) is 40.5 Å². The van der Waals surface area contributed by atoms with Gasteiger partial charge in [-0.15, -0.1) is 0 Å². The molecule has 1 aromatic heterocycles. The number of benzene rings is 1. The van der Waals surface area contributed by atoms with Gasteiger partial charge in [0.2, 0.25) is 5.91 Å². The summed E-state index contributed by atoms with van der Waals surface area (Å²) in [4.78, 5) is 17.6. The quantitative estimate of drug-likeness (QED) is 0.882. The highest BCUT2D eigenvalue weighted by Gasteiger charge is 2.34. The van der Waals surface area contributed by atoms with Crippen LogP contribution in [0.4, 0.5) is 0 Å². The van der Waals surface area contributed by atoms with E-state index in [1.54, 1.807) is 0 Å². The van der Waals surface area contributed by atoms with Crippen molar-refractivity contribution in [3.63, 3.8) is 0 Å². The molecule has 5 nitrogen and oxygen atoms in total. The lowest BCUT2D eigenvalue weighted by Gasteiger charge is -2.42. The van der Waals surface area contributed by atoms with E-state index >= 15 is 0 Å². The standard InChI is InChI=1S/C22H32N4O/c1-16(2)23-22(27)15-26-13-18(20-8-4-5-9-21(20)26)12-25-14-19-7-6-10-24(19)11-17(25)3/h4-5,8-9,13,16-17,19H,6-7,10-12,14-15H2,1-3H3,(H,23,27)/t17-,19-/m1/s1. The van der Waals surface area contributed by atoms with Crippen LogP contribution in [0.2, 0.25) is 0 Å². The first-order valence-corrected chi connectivity index (χ1v) is 10.4. The van der Waals surface area contributed by atoms with E-state index in [1.165, 1.54) is 36.9 Å². The smallest absolute Gasteiger partial charge is 0.240 e. The predicted molar refractivity (Wildman–Crippen MR) is 110 cm³/mol. The summed E-state index contributed by atoms with van der Waals surface area (Å²) in [5, 5.41) is 4.28. The number of piperazine rings is 1. The molecule has 1 N–H and O–H groups in total. The molecule has 146 valence electrons. The Bertz CT molecular complexity index is 812. The van der Waals surface area contributed by atoms with Crippen LogP contribution in [0.1, 0.15) is 39.2 Å². The summed E-state index contributed by atoms with van der Waals surface area (Å²) in [5.74, 6) is 0.0743. The molecule has 5 heteroatoms. The van der Waals surface area contributed by atoms with Gasteiger partial charge in [-0.1, -0.05) is 18.2 Å². The molecule has 2 aliphatic rings. The van der Waals surface area contributed by atoms with Gasteiger partial charge in [-0.05, 0) is 51.8 Å². The highest BCUT2D eigenvalue weighted by Crippen LogP contribution is 2.28. The van der Waals surface area contributed by atoms with Gasteiger partial charge in [-0.2, -0.15) is 0 Å². The zero-order valence-electron chi connectivity index (χ0n) is 16.8. The Morgan fingerprint density at radius 3 is 2.89 bits per heavy atom. The van der Waals surface area contributed by atoms with Gasteiger partial charge in [0, 0.05) is 54.9 Å². The maximum Gasteiger partial charge on any atom is 0.240 e. The maximum absolute atomic E-state index is 12.3. The second kappa shape index (κ2) is 7.64. The second-order valence-electron chi connectivity index (χ2n) is 8.59. The number of aromatic nitrogens is 1. The van der Waals surface area contributed by atoms with Crippen molar-refractivity contribution in [3.05, 3.63) is 36.0 Å². The molecule has 0 unspecified atom stereocenters. The molecule has 0 radical (unpaired) electrons. The predicted octanol–water partition coefficient (Wildman–Crippen LogP) is 2.83. The lowest BCUT2D eigenvalue weighted by Crippen LogP contribution is -2.54. The van der Waals surface area contributed by atoms with Gasteiger partial charge >= 0.3 is 0 Å². The molecule has 1 aromatic carbocycles. The Morgan fingerprint density at radius 2 is 2.07 bits per heavy atom. The van der Waals surface area contributed by atoms with Crippen LogP contribution >= 0.6 is 0 Å². The number of nitrogens with zero attached hydrogens (tertiary/aromatic N) is 3. The van der Waals surface area contributed by atoms with Crippen molar-refractivity contribution in [2.24, 2.45) is 0 Å². The van der Waals surface area contributed by atoms with Crippen LogP contribution in [0.25, 0.3) is 10.9 Å². The van der Waals surface area contributed by atoms with Crippen molar-refractivity contribution < 1.29 is 4.79 Å². The third-order valence-electron chi connectivity index (χ3n) is 6.07. The number of para-hydroxylation sites is 1. The van der Waals surface area contributed by atoms with Gasteiger partial charge in [-0.25, -0.2) is 0 Å². The van der Waals surface area contributed by atoms with E-state index in [0.717, 1.165) is 24.6 Å². The maximum atomic E-state index is 12.3. The minimum Gasteiger partial charge on any atom is -0.352 e. The Labute approximate surface area is 162 Å². The molecule has 2 saturated heterocycles. The molecule has 3 heterocycles. The van der Waals surface area contributed by atoms with Crippen molar-refractivity contribution in [1.29, 1.82) is 0 Å². The second-order valence-corrected chi connectivity index (χ2v) is 8.59. The van der Waals surface area contributed by atoms with Gasteiger partial charge in [0.15, 0.2) is 0 Å². The zero-order valence-corrected chi connectivity index (χ0v) is 16.8. The molecule has 0 saturated carbocycles. The van der Waals surface area contributed by atoms with E-state index in [-0.39, 0.29) is 11.9 Å². The van der Waals surface area contributed by atoms with Crippen molar-refractivity contribution >= 4 is 16.8 Å². The average molecular weight is 369 g/mol. The van der Waals surface area contributed by atoms with Crippen molar-refractivity contribution in [2.75, 3.05) is 19.6 Å². The molecule has 0 bridgehead atoms. The number of carbonyl (C=O) groups is 1. The normalized spacial score (nSPS) is 23.9. The van der Waals surface area contributed by atoms with Crippen LogP contribution in [-0.4, -0.2) is 58.0 Å². The Balaban J connectivity index is 1.55. The van der Waals surface area contributed by atoms with E-state index in [4.69, 9.17) is 0 Å². The fourth-order valence-electron chi connectivity index (χ4n) is 4.79. The highest BCUT2D eigenvalue weighted by atomic mass is 16.2. The fraction of sp³-hybridized carbons (Fsp3) is 0.591. The average Bonchev–Trinajstić information content (AvgIpc) is 3.20. The first kappa shape index (κ1) is 18.5.